The van der Waals surface area contributed by atoms with E-state index in [9.17, 15) is 5.11 Å². The van der Waals surface area contributed by atoms with Gasteiger partial charge in [0.1, 0.15) is 0 Å². The smallest absolute Gasteiger partial charge is 0.209 e. The Bertz CT molecular complexity index is 1330. The average molecular weight is 518 g/mol. The molecule has 1 aromatic heterocycles. The second kappa shape index (κ2) is 11.5. The van der Waals surface area contributed by atoms with Crippen LogP contribution in [0.25, 0.3) is 11.1 Å². The van der Waals surface area contributed by atoms with Gasteiger partial charge in [-0.25, -0.2) is 4.68 Å². The number of benzene rings is 3. The molecule has 1 aliphatic heterocycles. The fourth-order valence-electron chi connectivity index (χ4n) is 4.55. The molecule has 0 amide bonds. The molecule has 0 saturated carbocycles. The predicted octanol–water partition coefficient (Wildman–Crippen LogP) is 4.41. The Kier molecular flexibility index (Phi) is 7.97. The third-order valence-electron chi connectivity index (χ3n) is 6.74. The summed E-state index contributed by atoms with van der Waals surface area (Å²) in [5.41, 5.74) is 12.0. The molecule has 192 valence electrons. The van der Waals surface area contributed by atoms with Crippen LogP contribution in [0.5, 0.6) is 0 Å². The van der Waals surface area contributed by atoms with E-state index in [2.05, 4.69) is 46.7 Å². The van der Waals surface area contributed by atoms with Crippen LogP contribution in [-0.2, 0) is 29.7 Å². The summed E-state index contributed by atoms with van der Waals surface area (Å²) >= 11 is 1.57. The van der Waals surface area contributed by atoms with E-state index >= 15 is 0 Å². The average Bonchev–Trinajstić information content (AvgIpc) is 3.37. The highest BCUT2D eigenvalue weighted by Gasteiger charge is 2.38. The minimum atomic E-state index is -0.542. The molecule has 3 aromatic carbocycles. The monoisotopic (exact) mass is 517 g/mol. The Balaban J connectivity index is 1.44. The molecule has 0 aliphatic carbocycles. The van der Waals surface area contributed by atoms with Gasteiger partial charge < -0.3 is 20.3 Å². The summed E-state index contributed by atoms with van der Waals surface area (Å²) in [6, 6.07) is 24.5. The van der Waals surface area contributed by atoms with Gasteiger partial charge in [-0.2, -0.15) is 0 Å². The van der Waals surface area contributed by atoms with Crippen molar-refractivity contribution in [3.05, 3.63) is 95.1 Å². The summed E-state index contributed by atoms with van der Waals surface area (Å²) in [5, 5.41) is 22.0. The largest absolute Gasteiger partial charge is 0.392 e. The van der Waals surface area contributed by atoms with Crippen LogP contribution in [0.2, 0.25) is 0 Å². The molecule has 3 N–H and O–H groups in total. The van der Waals surface area contributed by atoms with E-state index in [-0.39, 0.29) is 24.7 Å². The molecule has 8 nitrogen and oxygen atoms in total. The molecule has 1 saturated heterocycles. The van der Waals surface area contributed by atoms with Crippen LogP contribution in [0.3, 0.4) is 0 Å². The highest BCUT2D eigenvalue weighted by Crippen LogP contribution is 2.43. The highest BCUT2D eigenvalue weighted by atomic mass is 32.2. The van der Waals surface area contributed by atoms with Gasteiger partial charge in [0.05, 0.1) is 18.8 Å². The van der Waals surface area contributed by atoms with Crippen molar-refractivity contribution < 1.29 is 14.6 Å². The van der Waals surface area contributed by atoms with E-state index in [0.29, 0.717) is 12.3 Å². The van der Waals surface area contributed by atoms with E-state index in [4.69, 9.17) is 15.2 Å². The van der Waals surface area contributed by atoms with Crippen molar-refractivity contribution in [1.29, 1.82) is 0 Å². The quantitative estimate of drug-likeness (QED) is 0.331. The molecular formula is C28H31N5O3S. The number of aliphatic hydroxyl groups excluding tert-OH is 1. The molecule has 9 heteroatoms. The standard InChI is InChI=1S/C28H31N5O3S/c1-18-25(17-37-28-30-31-32-33(28)2)35-27(36-26(18)21-11-9-19(16-34)10-12-21)24-8-4-7-23(14-24)22-6-3-5-20(13-22)15-29/h3-14,18,25-27,34H,15-17,29H2,1-2H3/t18-,25+,26+,27+/m0/s1. The molecule has 0 unspecified atom stereocenters. The number of nitrogens with zero attached hydrogens (tertiary/aromatic N) is 4. The SMILES string of the molecule is C[C@H]1[C@@H](CSc2nnnn2C)O[C@@H](c2cccc(-c3cccc(CN)c3)c2)O[C@H]1c1ccc(CO)cc1. The Morgan fingerprint density at radius 1 is 0.946 bits per heavy atom. The van der Waals surface area contributed by atoms with Crippen LogP contribution >= 0.6 is 11.8 Å². The van der Waals surface area contributed by atoms with Crippen molar-refractivity contribution in [3.63, 3.8) is 0 Å². The van der Waals surface area contributed by atoms with Crippen LogP contribution in [0.15, 0.2) is 78.0 Å². The van der Waals surface area contributed by atoms with Crippen molar-refractivity contribution >= 4 is 11.8 Å². The zero-order valence-corrected chi connectivity index (χ0v) is 21.7. The van der Waals surface area contributed by atoms with Gasteiger partial charge in [-0.1, -0.05) is 79.3 Å². The first-order chi connectivity index (χ1) is 18.1. The maximum absolute atomic E-state index is 9.48. The summed E-state index contributed by atoms with van der Waals surface area (Å²) in [4.78, 5) is 0. The van der Waals surface area contributed by atoms with Gasteiger partial charge in [0.2, 0.25) is 5.16 Å². The lowest BCUT2D eigenvalue weighted by Crippen LogP contribution is -2.38. The van der Waals surface area contributed by atoms with Gasteiger partial charge >= 0.3 is 0 Å². The number of aromatic nitrogens is 4. The Morgan fingerprint density at radius 3 is 2.41 bits per heavy atom. The van der Waals surface area contributed by atoms with Gasteiger partial charge in [0.15, 0.2) is 6.29 Å². The van der Waals surface area contributed by atoms with Crippen molar-refractivity contribution in [2.24, 2.45) is 18.7 Å². The van der Waals surface area contributed by atoms with Crippen LogP contribution in [0, 0.1) is 5.92 Å². The molecule has 5 rings (SSSR count). The topological polar surface area (TPSA) is 108 Å². The second-order valence-corrected chi connectivity index (χ2v) is 10.2. The van der Waals surface area contributed by atoms with Crippen LogP contribution in [0.4, 0.5) is 0 Å². The van der Waals surface area contributed by atoms with E-state index < -0.39 is 6.29 Å². The number of hydrogen-bond acceptors (Lipinski definition) is 8. The maximum atomic E-state index is 9.48. The van der Waals surface area contributed by atoms with Gasteiger partial charge in [-0.05, 0) is 50.4 Å². The van der Waals surface area contributed by atoms with Gasteiger partial charge in [-0.3, -0.25) is 0 Å². The van der Waals surface area contributed by atoms with Gasteiger partial charge in [0, 0.05) is 30.8 Å². The van der Waals surface area contributed by atoms with E-state index in [1.54, 1.807) is 16.4 Å². The molecular weight excluding hydrogens is 486 g/mol. The normalized spacial score (nSPS) is 21.7. The Labute approximate surface area is 220 Å². The fraction of sp³-hybridized carbons (Fsp3) is 0.321. The lowest BCUT2D eigenvalue weighted by Gasteiger charge is -2.41. The summed E-state index contributed by atoms with van der Waals surface area (Å²) in [6.45, 7) is 2.66. The van der Waals surface area contributed by atoms with Gasteiger partial charge in [0.25, 0.3) is 0 Å². The minimum absolute atomic E-state index is 0.0102. The van der Waals surface area contributed by atoms with E-state index in [1.165, 1.54) is 0 Å². The number of thioether (sulfide) groups is 1. The Hall–Kier alpha value is -3.08. The van der Waals surface area contributed by atoms with Crippen molar-refractivity contribution in [1.82, 2.24) is 20.2 Å². The number of ether oxygens (including phenoxy) is 2. The summed E-state index contributed by atoms with van der Waals surface area (Å²) < 4.78 is 14.8. The number of nitrogens with two attached hydrogens (primary N) is 1. The highest BCUT2D eigenvalue weighted by molar-refractivity contribution is 7.99. The first-order valence-electron chi connectivity index (χ1n) is 12.3. The lowest BCUT2D eigenvalue weighted by molar-refractivity contribution is -0.268. The molecule has 0 radical (unpaired) electrons. The number of tetrazole rings is 1. The van der Waals surface area contributed by atoms with Crippen LogP contribution in [-0.4, -0.2) is 37.2 Å². The van der Waals surface area contributed by atoms with Crippen molar-refractivity contribution in [3.8, 4) is 11.1 Å². The van der Waals surface area contributed by atoms with E-state index in [0.717, 1.165) is 38.5 Å². The molecule has 37 heavy (non-hydrogen) atoms. The van der Waals surface area contributed by atoms with E-state index in [1.807, 2.05) is 55.6 Å². The maximum Gasteiger partial charge on any atom is 0.209 e. The second-order valence-electron chi connectivity index (χ2n) is 9.25. The zero-order chi connectivity index (χ0) is 25.8. The molecule has 4 aromatic rings. The Morgan fingerprint density at radius 2 is 1.70 bits per heavy atom. The number of aliphatic hydroxyl groups is 1. The molecule has 1 fully saturated rings. The summed E-state index contributed by atoms with van der Waals surface area (Å²) in [5.74, 6) is 0.757. The first kappa shape index (κ1) is 25.6. The van der Waals surface area contributed by atoms with Crippen molar-refractivity contribution in [2.75, 3.05) is 5.75 Å². The molecule has 1 aliphatic rings. The lowest BCUT2D eigenvalue weighted by atomic mass is 9.91. The summed E-state index contributed by atoms with van der Waals surface area (Å²) in [7, 11) is 1.83. The van der Waals surface area contributed by atoms with Crippen LogP contribution in [0.1, 0.15) is 41.6 Å². The summed E-state index contributed by atoms with van der Waals surface area (Å²) in [6.07, 6.45) is -0.828. The van der Waals surface area contributed by atoms with Gasteiger partial charge in [-0.15, -0.1) is 5.10 Å². The molecule has 4 atom stereocenters. The van der Waals surface area contributed by atoms with Crippen LogP contribution < -0.4 is 5.73 Å². The number of aryl methyl sites for hydroxylation is 1. The van der Waals surface area contributed by atoms with Crippen molar-refractivity contribution in [2.45, 2.75) is 43.7 Å². The third kappa shape index (κ3) is 5.76. The molecule has 0 bridgehead atoms. The number of hydrogen-bond donors (Lipinski definition) is 2. The zero-order valence-electron chi connectivity index (χ0n) is 20.9. The number of rotatable bonds is 8. The molecule has 0 spiro atoms. The predicted molar refractivity (Wildman–Crippen MR) is 142 cm³/mol. The first-order valence-corrected chi connectivity index (χ1v) is 13.3. The molecule has 2 heterocycles. The minimum Gasteiger partial charge on any atom is -0.392 e. The fourth-order valence-corrected chi connectivity index (χ4v) is 5.57. The third-order valence-corrected chi connectivity index (χ3v) is 7.84.